The van der Waals surface area contributed by atoms with Crippen molar-refractivity contribution < 1.29 is 9.84 Å². The summed E-state index contributed by atoms with van der Waals surface area (Å²) in [5, 5.41) is 11.9. The lowest BCUT2D eigenvalue weighted by Crippen LogP contribution is -2.52. The van der Waals surface area contributed by atoms with E-state index in [-0.39, 0.29) is 12.1 Å². The van der Waals surface area contributed by atoms with Crippen molar-refractivity contribution in [2.24, 2.45) is 0 Å². The summed E-state index contributed by atoms with van der Waals surface area (Å²) in [7, 11) is 0. The second kappa shape index (κ2) is 9.67. The van der Waals surface area contributed by atoms with E-state index in [0.29, 0.717) is 6.61 Å². The van der Waals surface area contributed by atoms with Crippen molar-refractivity contribution in [3.63, 3.8) is 0 Å². The van der Waals surface area contributed by atoms with Gasteiger partial charge in [0.25, 0.3) is 0 Å². The molecule has 2 aliphatic rings. The molecule has 0 spiro atoms. The monoisotopic (exact) mass is 406 g/mol. The van der Waals surface area contributed by atoms with Crippen LogP contribution < -0.4 is 9.64 Å². The fourth-order valence-electron chi connectivity index (χ4n) is 4.88. The van der Waals surface area contributed by atoms with Gasteiger partial charge in [-0.3, -0.25) is 4.90 Å². The molecule has 0 aliphatic carbocycles. The Balaban J connectivity index is 1.73. The molecule has 3 atom stereocenters. The molecule has 1 saturated heterocycles. The van der Waals surface area contributed by atoms with E-state index in [4.69, 9.17) is 4.74 Å². The number of para-hydroxylation sites is 2. The molecule has 30 heavy (non-hydrogen) atoms. The Morgan fingerprint density at radius 2 is 1.80 bits per heavy atom. The predicted molar refractivity (Wildman–Crippen MR) is 123 cm³/mol. The molecule has 2 aromatic carbocycles. The highest BCUT2D eigenvalue weighted by atomic mass is 16.5. The number of aliphatic hydroxyl groups excluding tert-OH is 1. The van der Waals surface area contributed by atoms with Crippen LogP contribution in [0.1, 0.15) is 50.6 Å². The van der Waals surface area contributed by atoms with Crippen molar-refractivity contribution in [1.82, 2.24) is 4.90 Å². The van der Waals surface area contributed by atoms with E-state index in [1.54, 1.807) is 0 Å². The number of aliphatic hydroxyl groups is 1. The smallest absolute Gasteiger partial charge is 0.143 e. The maximum absolute atomic E-state index is 11.9. The Hall–Kier alpha value is -2.30. The Morgan fingerprint density at radius 1 is 1.10 bits per heavy atom. The number of nitrogens with zero attached hydrogens (tertiary/aromatic N) is 2. The first-order valence-corrected chi connectivity index (χ1v) is 11.3. The summed E-state index contributed by atoms with van der Waals surface area (Å²) in [5.74, 6) is 0.857. The lowest BCUT2D eigenvalue weighted by molar-refractivity contribution is 0.0478. The summed E-state index contributed by atoms with van der Waals surface area (Å²) >= 11 is 0. The Bertz CT molecular complexity index is 832. The molecule has 3 unspecified atom stereocenters. The average molecular weight is 407 g/mol. The number of fused-ring (bicyclic) bond motifs is 1. The molecule has 1 N–H and O–H groups in total. The molecule has 0 saturated carbocycles. The number of benzene rings is 2. The van der Waals surface area contributed by atoms with Gasteiger partial charge < -0.3 is 14.7 Å². The van der Waals surface area contributed by atoms with E-state index in [2.05, 4.69) is 53.6 Å². The van der Waals surface area contributed by atoms with Crippen molar-refractivity contribution in [1.29, 1.82) is 0 Å². The minimum atomic E-state index is -0.615. The number of hydrogen-bond acceptors (Lipinski definition) is 4. The Labute approximate surface area is 180 Å². The summed E-state index contributed by atoms with van der Waals surface area (Å²) in [6.45, 7) is 8.93. The number of anilines is 1. The van der Waals surface area contributed by atoms with Gasteiger partial charge in [0, 0.05) is 6.42 Å². The van der Waals surface area contributed by atoms with Gasteiger partial charge in [0.15, 0.2) is 0 Å². The number of hydrogen-bond donors (Lipinski definition) is 1. The third-order valence-corrected chi connectivity index (χ3v) is 6.42. The van der Waals surface area contributed by atoms with E-state index < -0.39 is 6.23 Å². The van der Waals surface area contributed by atoms with Crippen LogP contribution in [0, 0.1) is 0 Å². The summed E-state index contributed by atoms with van der Waals surface area (Å²) in [4.78, 5) is 4.70. The molecule has 0 amide bonds. The van der Waals surface area contributed by atoms with Crippen molar-refractivity contribution in [2.45, 2.75) is 57.3 Å². The van der Waals surface area contributed by atoms with Crippen molar-refractivity contribution in [3.05, 3.63) is 72.3 Å². The van der Waals surface area contributed by atoms with Crippen molar-refractivity contribution in [2.75, 3.05) is 24.6 Å². The first-order chi connectivity index (χ1) is 14.6. The van der Waals surface area contributed by atoms with E-state index in [9.17, 15) is 5.11 Å². The van der Waals surface area contributed by atoms with Crippen LogP contribution in [0.15, 0.2) is 66.7 Å². The predicted octanol–water partition coefficient (Wildman–Crippen LogP) is 5.16. The third-order valence-electron chi connectivity index (χ3n) is 6.42. The molecule has 2 heterocycles. The summed E-state index contributed by atoms with van der Waals surface area (Å²) in [6.07, 6.45) is 4.48. The second-order valence-electron chi connectivity index (χ2n) is 8.66. The highest BCUT2D eigenvalue weighted by Gasteiger charge is 2.38. The van der Waals surface area contributed by atoms with Crippen molar-refractivity contribution in [3.8, 4) is 5.75 Å². The van der Waals surface area contributed by atoms with Gasteiger partial charge in [-0.2, -0.15) is 0 Å². The van der Waals surface area contributed by atoms with E-state index >= 15 is 0 Å². The minimum absolute atomic E-state index is 0.0692. The summed E-state index contributed by atoms with van der Waals surface area (Å²) in [6, 6.07) is 18.8. The lowest BCUT2D eigenvalue weighted by Gasteiger charge is -2.43. The number of rotatable bonds is 7. The Morgan fingerprint density at radius 3 is 2.53 bits per heavy atom. The van der Waals surface area contributed by atoms with E-state index in [1.807, 2.05) is 24.3 Å². The van der Waals surface area contributed by atoms with Gasteiger partial charge in [-0.15, -0.1) is 6.58 Å². The third kappa shape index (κ3) is 4.55. The quantitative estimate of drug-likeness (QED) is 0.645. The highest BCUT2D eigenvalue weighted by Crippen LogP contribution is 2.41. The molecule has 0 radical (unpaired) electrons. The van der Waals surface area contributed by atoms with Gasteiger partial charge in [-0.25, -0.2) is 0 Å². The first kappa shape index (κ1) is 21.0. The summed E-state index contributed by atoms with van der Waals surface area (Å²) in [5.41, 5.74) is 3.37. The number of likely N-dealkylation sites (tertiary alicyclic amines) is 1. The average Bonchev–Trinajstić information content (AvgIpc) is 3.21. The lowest BCUT2D eigenvalue weighted by atomic mass is 9.97. The molecular weight excluding hydrogens is 372 g/mol. The molecule has 1 fully saturated rings. The SMILES string of the molecule is C=C(C)CCC(C(O)N1c2ccccc2OCCC1c1ccccc1)N1CCCC1. The minimum Gasteiger partial charge on any atom is -0.491 e. The molecule has 4 nitrogen and oxygen atoms in total. The summed E-state index contributed by atoms with van der Waals surface area (Å²) < 4.78 is 6.10. The van der Waals surface area contributed by atoms with Gasteiger partial charge in [-0.1, -0.05) is 48.0 Å². The topological polar surface area (TPSA) is 35.9 Å². The van der Waals surface area contributed by atoms with Crippen LogP contribution >= 0.6 is 0 Å². The largest absolute Gasteiger partial charge is 0.491 e. The zero-order valence-corrected chi connectivity index (χ0v) is 18.0. The Kier molecular flexibility index (Phi) is 6.76. The normalized spacial score (nSPS) is 21.4. The molecule has 160 valence electrons. The first-order valence-electron chi connectivity index (χ1n) is 11.3. The van der Waals surface area contributed by atoms with Gasteiger partial charge in [0.2, 0.25) is 0 Å². The molecule has 4 heteroatoms. The van der Waals surface area contributed by atoms with Crippen LogP contribution in [0.3, 0.4) is 0 Å². The molecule has 4 rings (SSSR count). The molecule has 2 aliphatic heterocycles. The highest BCUT2D eigenvalue weighted by molar-refractivity contribution is 5.61. The van der Waals surface area contributed by atoms with Crippen LogP contribution in [0.4, 0.5) is 5.69 Å². The standard InChI is InChI=1S/C26H34N2O2/c1-20(2)14-15-24(27-17-8-9-18-27)26(29)28-22(21-10-4-3-5-11-21)16-19-30-25-13-7-6-12-23(25)28/h3-7,10-13,22,24,26,29H,1,8-9,14-19H2,2H3. The number of ether oxygens (including phenoxy) is 1. The fourth-order valence-corrected chi connectivity index (χ4v) is 4.88. The van der Waals surface area contributed by atoms with Crippen LogP contribution in [-0.2, 0) is 0 Å². The molecule has 0 bridgehead atoms. The zero-order valence-electron chi connectivity index (χ0n) is 18.0. The number of allylic oxidation sites excluding steroid dienone is 1. The van der Waals surface area contributed by atoms with Gasteiger partial charge in [0.05, 0.1) is 24.4 Å². The van der Waals surface area contributed by atoms with Gasteiger partial charge >= 0.3 is 0 Å². The van der Waals surface area contributed by atoms with Crippen LogP contribution in [-0.4, -0.2) is 42.0 Å². The fraction of sp³-hybridized carbons (Fsp3) is 0.462. The zero-order chi connectivity index (χ0) is 20.9. The van der Waals surface area contributed by atoms with Crippen LogP contribution in [0.2, 0.25) is 0 Å². The maximum Gasteiger partial charge on any atom is 0.143 e. The molecular formula is C26H34N2O2. The van der Waals surface area contributed by atoms with E-state index in [0.717, 1.165) is 43.8 Å². The van der Waals surface area contributed by atoms with Crippen LogP contribution in [0.25, 0.3) is 0 Å². The maximum atomic E-state index is 11.9. The second-order valence-corrected chi connectivity index (χ2v) is 8.66. The van der Waals surface area contributed by atoms with Crippen molar-refractivity contribution >= 4 is 5.69 Å². The van der Waals surface area contributed by atoms with Gasteiger partial charge in [-0.05, 0) is 63.4 Å². The van der Waals surface area contributed by atoms with Crippen LogP contribution in [0.5, 0.6) is 5.75 Å². The van der Waals surface area contributed by atoms with Gasteiger partial charge in [0.1, 0.15) is 12.0 Å². The van der Waals surface area contributed by atoms with E-state index in [1.165, 1.54) is 24.0 Å². The molecule has 2 aromatic rings. The molecule has 0 aromatic heterocycles.